The lowest BCUT2D eigenvalue weighted by molar-refractivity contribution is 0.392. The first-order chi connectivity index (χ1) is 11.7. The number of aromatic nitrogens is 4. The van der Waals surface area contributed by atoms with E-state index in [9.17, 15) is 0 Å². The molecule has 0 fully saturated rings. The van der Waals surface area contributed by atoms with Gasteiger partial charge in [-0.15, -0.1) is 0 Å². The minimum absolute atomic E-state index is 0.543. The molecular formula is C19H24N4O. The molecule has 0 radical (unpaired) electrons. The van der Waals surface area contributed by atoms with E-state index in [0.717, 1.165) is 17.9 Å². The van der Waals surface area contributed by atoms with Crippen LogP contribution in [0.4, 0.5) is 0 Å². The van der Waals surface area contributed by atoms with Crippen LogP contribution >= 0.6 is 0 Å². The molecule has 3 rings (SSSR count). The van der Waals surface area contributed by atoms with Crippen molar-refractivity contribution < 1.29 is 4.74 Å². The van der Waals surface area contributed by atoms with Crippen molar-refractivity contribution in [3.63, 3.8) is 0 Å². The molecule has 0 aliphatic rings. The van der Waals surface area contributed by atoms with Gasteiger partial charge in [-0.2, -0.15) is 4.98 Å². The first kappa shape index (κ1) is 16.4. The normalized spacial score (nSPS) is 11.1. The topological polar surface area (TPSA) is 63.7 Å². The smallest absolute Gasteiger partial charge is 0.237 e. The first-order valence-corrected chi connectivity index (χ1v) is 8.54. The Labute approximate surface area is 142 Å². The highest BCUT2D eigenvalue weighted by molar-refractivity contribution is 5.66. The highest BCUT2D eigenvalue weighted by Crippen LogP contribution is 2.21. The number of benzene rings is 1. The average Bonchev–Trinajstić information content (AvgIpc) is 2.95. The second-order valence-electron chi connectivity index (χ2n) is 6.12. The molecule has 0 atom stereocenters. The van der Waals surface area contributed by atoms with Gasteiger partial charge in [0.05, 0.1) is 7.11 Å². The standard InChI is InChI=1S/C19H24N4O/c1-4-5-6-7-14-8-10-15(11-9-14)12-16-19(24-3)23-18-17(22-16)20-13(2)21-18/h8-11H,4-7,12H2,1-3H3,(H,20,21,22,23). The maximum atomic E-state index is 5.40. The number of rotatable bonds is 7. The number of nitrogens with one attached hydrogen (secondary N) is 1. The average molecular weight is 324 g/mol. The van der Waals surface area contributed by atoms with Crippen molar-refractivity contribution >= 4 is 11.3 Å². The minimum Gasteiger partial charge on any atom is -0.480 e. The molecule has 2 aromatic heterocycles. The first-order valence-electron chi connectivity index (χ1n) is 8.54. The summed E-state index contributed by atoms with van der Waals surface area (Å²) in [6.07, 6.45) is 5.64. The van der Waals surface area contributed by atoms with Gasteiger partial charge in [0.25, 0.3) is 0 Å². The highest BCUT2D eigenvalue weighted by atomic mass is 16.5. The van der Waals surface area contributed by atoms with Gasteiger partial charge < -0.3 is 9.72 Å². The number of hydrogen-bond acceptors (Lipinski definition) is 4. The number of nitrogens with zero attached hydrogens (tertiary/aromatic N) is 3. The molecule has 5 heteroatoms. The number of hydrogen-bond donors (Lipinski definition) is 1. The fourth-order valence-corrected chi connectivity index (χ4v) is 2.84. The lowest BCUT2D eigenvalue weighted by Gasteiger charge is -2.07. The van der Waals surface area contributed by atoms with Crippen molar-refractivity contribution in [1.82, 2.24) is 19.9 Å². The molecule has 0 unspecified atom stereocenters. The number of ether oxygens (including phenoxy) is 1. The lowest BCUT2D eigenvalue weighted by Crippen LogP contribution is -2.01. The van der Waals surface area contributed by atoms with Gasteiger partial charge in [-0.3, -0.25) is 0 Å². The summed E-state index contributed by atoms with van der Waals surface area (Å²) in [5.41, 5.74) is 4.73. The van der Waals surface area contributed by atoms with E-state index < -0.39 is 0 Å². The van der Waals surface area contributed by atoms with Crippen LogP contribution in [0.15, 0.2) is 24.3 Å². The third-order valence-corrected chi connectivity index (χ3v) is 4.14. The molecular weight excluding hydrogens is 300 g/mol. The molecule has 0 saturated carbocycles. The van der Waals surface area contributed by atoms with Crippen LogP contribution in [0, 0.1) is 6.92 Å². The van der Waals surface area contributed by atoms with Crippen molar-refractivity contribution in [3.05, 3.63) is 46.9 Å². The third-order valence-electron chi connectivity index (χ3n) is 4.14. The predicted molar refractivity (Wildman–Crippen MR) is 95.4 cm³/mol. The van der Waals surface area contributed by atoms with E-state index in [4.69, 9.17) is 4.74 Å². The van der Waals surface area contributed by atoms with Crippen molar-refractivity contribution in [2.75, 3.05) is 7.11 Å². The summed E-state index contributed by atoms with van der Waals surface area (Å²) in [7, 11) is 1.62. The number of unbranched alkanes of at least 4 members (excludes halogenated alkanes) is 2. The molecule has 0 aliphatic carbocycles. The number of aromatic amines is 1. The predicted octanol–water partition coefficient (Wildman–Crippen LogP) is 3.99. The maximum absolute atomic E-state index is 5.40. The van der Waals surface area contributed by atoms with Crippen LogP contribution in [-0.2, 0) is 12.8 Å². The van der Waals surface area contributed by atoms with Gasteiger partial charge in [0.1, 0.15) is 11.5 Å². The van der Waals surface area contributed by atoms with Crippen molar-refractivity contribution in [2.24, 2.45) is 0 Å². The van der Waals surface area contributed by atoms with Crippen molar-refractivity contribution in [1.29, 1.82) is 0 Å². The van der Waals surface area contributed by atoms with E-state index in [2.05, 4.69) is 51.1 Å². The molecule has 24 heavy (non-hydrogen) atoms. The van der Waals surface area contributed by atoms with Gasteiger partial charge in [-0.05, 0) is 30.9 Å². The maximum Gasteiger partial charge on any atom is 0.237 e. The van der Waals surface area contributed by atoms with E-state index in [0.29, 0.717) is 23.6 Å². The Balaban J connectivity index is 1.78. The quantitative estimate of drug-likeness (QED) is 0.667. The summed E-state index contributed by atoms with van der Waals surface area (Å²) in [6.45, 7) is 4.13. The molecule has 0 saturated heterocycles. The van der Waals surface area contributed by atoms with E-state index in [-0.39, 0.29) is 0 Å². The lowest BCUT2D eigenvalue weighted by atomic mass is 10.0. The number of aryl methyl sites for hydroxylation is 2. The van der Waals surface area contributed by atoms with Gasteiger partial charge in [0.2, 0.25) is 11.5 Å². The zero-order chi connectivity index (χ0) is 16.9. The number of fused-ring (bicyclic) bond motifs is 1. The third kappa shape index (κ3) is 3.72. The Morgan fingerprint density at radius 1 is 1.00 bits per heavy atom. The van der Waals surface area contributed by atoms with Crippen LogP contribution in [0.3, 0.4) is 0 Å². The van der Waals surface area contributed by atoms with Gasteiger partial charge >= 0.3 is 0 Å². The van der Waals surface area contributed by atoms with Gasteiger partial charge in [0.15, 0.2) is 5.65 Å². The minimum atomic E-state index is 0.543. The monoisotopic (exact) mass is 324 g/mol. The Hall–Kier alpha value is -2.43. The SMILES string of the molecule is CCCCCc1ccc(Cc2nc3[nH]c(C)nc3nc2OC)cc1. The van der Waals surface area contributed by atoms with E-state index >= 15 is 0 Å². The Bertz CT molecular complexity index is 808. The number of methoxy groups -OCH3 is 1. The van der Waals surface area contributed by atoms with Crippen molar-refractivity contribution in [2.45, 2.75) is 46.0 Å². The largest absolute Gasteiger partial charge is 0.480 e. The Morgan fingerprint density at radius 2 is 1.75 bits per heavy atom. The van der Waals surface area contributed by atoms with E-state index in [1.165, 1.54) is 30.4 Å². The van der Waals surface area contributed by atoms with Crippen LogP contribution in [-0.4, -0.2) is 27.0 Å². The second kappa shape index (κ2) is 7.43. The molecule has 0 bridgehead atoms. The zero-order valence-corrected chi connectivity index (χ0v) is 14.6. The van der Waals surface area contributed by atoms with E-state index in [1.807, 2.05) is 6.92 Å². The van der Waals surface area contributed by atoms with Gasteiger partial charge in [-0.1, -0.05) is 44.0 Å². The number of H-pyrrole nitrogens is 1. The van der Waals surface area contributed by atoms with Crippen LogP contribution < -0.4 is 4.74 Å². The molecule has 0 spiro atoms. The summed E-state index contributed by atoms with van der Waals surface area (Å²) in [5.74, 6) is 1.35. The molecule has 5 nitrogen and oxygen atoms in total. The van der Waals surface area contributed by atoms with Crippen LogP contribution in [0.5, 0.6) is 5.88 Å². The Kier molecular flexibility index (Phi) is 5.08. The molecule has 3 aromatic rings. The van der Waals surface area contributed by atoms with Crippen LogP contribution in [0.25, 0.3) is 11.3 Å². The van der Waals surface area contributed by atoms with E-state index in [1.54, 1.807) is 7.11 Å². The molecule has 1 aromatic carbocycles. The molecule has 126 valence electrons. The highest BCUT2D eigenvalue weighted by Gasteiger charge is 2.12. The fourth-order valence-electron chi connectivity index (χ4n) is 2.84. The van der Waals surface area contributed by atoms with Crippen LogP contribution in [0.2, 0.25) is 0 Å². The summed E-state index contributed by atoms with van der Waals surface area (Å²) >= 11 is 0. The zero-order valence-electron chi connectivity index (χ0n) is 14.6. The summed E-state index contributed by atoms with van der Waals surface area (Å²) < 4.78 is 5.40. The Morgan fingerprint density at radius 3 is 2.46 bits per heavy atom. The molecule has 0 aliphatic heterocycles. The van der Waals surface area contributed by atoms with Crippen molar-refractivity contribution in [3.8, 4) is 5.88 Å². The molecule has 1 N–H and O–H groups in total. The van der Waals surface area contributed by atoms with Crippen LogP contribution in [0.1, 0.15) is 48.8 Å². The summed E-state index contributed by atoms with van der Waals surface area (Å²) in [5, 5.41) is 0. The summed E-state index contributed by atoms with van der Waals surface area (Å²) in [6, 6.07) is 8.77. The number of imidazole rings is 1. The molecule has 2 heterocycles. The second-order valence-corrected chi connectivity index (χ2v) is 6.12. The summed E-state index contributed by atoms with van der Waals surface area (Å²) in [4.78, 5) is 16.5. The van der Waals surface area contributed by atoms with Gasteiger partial charge in [0, 0.05) is 6.42 Å². The fraction of sp³-hybridized carbons (Fsp3) is 0.421. The molecule has 0 amide bonds. The van der Waals surface area contributed by atoms with Gasteiger partial charge in [-0.25, -0.2) is 9.97 Å².